The number of anilines is 1. The van der Waals surface area contributed by atoms with Crippen LogP contribution in [0.2, 0.25) is 0 Å². The van der Waals surface area contributed by atoms with E-state index in [-0.39, 0.29) is 5.91 Å². The molecule has 0 radical (unpaired) electrons. The van der Waals surface area contributed by atoms with Crippen molar-refractivity contribution in [1.29, 1.82) is 0 Å². The molecule has 0 atom stereocenters. The van der Waals surface area contributed by atoms with E-state index in [2.05, 4.69) is 29.2 Å². The zero-order valence-electron chi connectivity index (χ0n) is 13.6. The van der Waals surface area contributed by atoms with Crippen molar-refractivity contribution in [2.75, 3.05) is 4.90 Å². The number of carbonyl (C=O) groups excluding carboxylic acids is 1. The van der Waals surface area contributed by atoms with E-state index >= 15 is 0 Å². The third-order valence-corrected chi connectivity index (χ3v) is 4.31. The first-order valence-electron chi connectivity index (χ1n) is 7.89. The molecule has 4 rings (SSSR count). The van der Waals surface area contributed by atoms with Crippen LogP contribution in [0.4, 0.5) is 5.69 Å². The third-order valence-electron chi connectivity index (χ3n) is 4.31. The molecule has 0 saturated heterocycles. The molecular formula is C19H17N3O2. The van der Waals surface area contributed by atoms with Crippen LogP contribution in [0.15, 0.2) is 47.1 Å². The van der Waals surface area contributed by atoms with E-state index in [0.717, 1.165) is 34.0 Å². The van der Waals surface area contributed by atoms with Crippen LogP contribution in [-0.2, 0) is 17.8 Å². The number of carbonyl (C=O) groups is 1. The Balaban J connectivity index is 1.73. The molecule has 0 saturated carbocycles. The Morgan fingerprint density at radius 3 is 2.79 bits per heavy atom. The van der Waals surface area contributed by atoms with Crippen LogP contribution in [-0.4, -0.2) is 16.0 Å². The number of rotatable bonds is 3. The number of hydrogen-bond donors (Lipinski definition) is 0. The summed E-state index contributed by atoms with van der Waals surface area (Å²) in [5.41, 5.74) is 5.75. The van der Waals surface area contributed by atoms with Gasteiger partial charge in [0.15, 0.2) is 0 Å². The zero-order chi connectivity index (χ0) is 16.7. The molecule has 0 fully saturated rings. The second kappa shape index (κ2) is 5.60. The Morgan fingerprint density at radius 1 is 1.21 bits per heavy atom. The smallest absolute Gasteiger partial charge is 0.233 e. The quantitative estimate of drug-likeness (QED) is 0.742. The monoisotopic (exact) mass is 319 g/mol. The fraction of sp³-hybridized carbons (Fsp3) is 0.211. The summed E-state index contributed by atoms with van der Waals surface area (Å²) in [6.07, 6.45) is 2.18. The molecule has 0 aliphatic carbocycles. The summed E-state index contributed by atoms with van der Waals surface area (Å²) in [7, 11) is 0. The second-order valence-electron chi connectivity index (χ2n) is 6.09. The van der Waals surface area contributed by atoms with Gasteiger partial charge in [0.05, 0.1) is 24.3 Å². The van der Waals surface area contributed by atoms with Crippen LogP contribution in [0.25, 0.3) is 11.1 Å². The van der Waals surface area contributed by atoms with Crippen molar-refractivity contribution >= 4 is 11.6 Å². The van der Waals surface area contributed by atoms with Gasteiger partial charge in [-0.05, 0) is 31.0 Å². The average Bonchev–Trinajstić information content (AvgIpc) is 3.11. The highest BCUT2D eigenvalue weighted by atomic mass is 16.5. The topological polar surface area (TPSA) is 59.2 Å². The van der Waals surface area contributed by atoms with Crippen molar-refractivity contribution in [2.24, 2.45) is 0 Å². The van der Waals surface area contributed by atoms with Crippen LogP contribution in [0.1, 0.15) is 22.7 Å². The summed E-state index contributed by atoms with van der Waals surface area (Å²) < 4.78 is 5.10. The molecule has 1 aliphatic rings. The van der Waals surface area contributed by atoms with E-state index in [0.29, 0.717) is 13.0 Å². The minimum atomic E-state index is 0.0417. The Bertz CT molecular complexity index is 930. The number of hydrogen-bond acceptors (Lipinski definition) is 4. The molecule has 3 heterocycles. The van der Waals surface area contributed by atoms with Crippen molar-refractivity contribution in [1.82, 2.24) is 10.1 Å². The van der Waals surface area contributed by atoms with Gasteiger partial charge in [0.25, 0.3) is 0 Å². The van der Waals surface area contributed by atoms with Crippen LogP contribution < -0.4 is 4.90 Å². The summed E-state index contributed by atoms with van der Waals surface area (Å²) in [5, 5.41) is 3.99. The molecule has 1 aromatic carbocycles. The SMILES string of the molecule is Cc1cc(CN2C(=O)Cc3ncc(-c4ccccc4C)cc32)no1. The molecular weight excluding hydrogens is 302 g/mol. The minimum Gasteiger partial charge on any atom is -0.361 e. The molecule has 1 amide bonds. The van der Waals surface area contributed by atoms with Gasteiger partial charge in [-0.1, -0.05) is 29.4 Å². The number of aryl methyl sites for hydroxylation is 2. The first kappa shape index (κ1) is 14.6. The number of pyridine rings is 1. The molecule has 3 aromatic rings. The summed E-state index contributed by atoms with van der Waals surface area (Å²) in [6.45, 7) is 4.32. The summed E-state index contributed by atoms with van der Waals surface area (Å²) in [5.74, 6) is 0.781. The van der Waals surface area contributed by atoms with Gasteiger partial charge < -0.3 is 9.42 Å². The molecule has 1 aliphatic heterocycles. The van der Waals surface area contributed by atoms with Crippen LogP contribution in [0.5, 0.6) is 0 Å². The Labute approximate surface area is 139 Å². The Morgan fingerprint density at radius 2 is 2.04 bits per heavy atom. The van der Waals surface area contributed by atoms with Gasteiger partial charge in [0.2, 0.25) is 5.91 Å². The molecule has 5 nitrogen and oxygen atoms in total. The third kappa shape index (κ3) is 2.48. The van der Waals surface area contributed by atoms with Crippen LogP contribution in [0.3, 0.4) is 0 Å². The standard InChI is InChI=1S/C19H17N3O2/c1-12-5-3-4-6-16(12)14-8-18-17(20-10-14)9-19(23)22(18)11-15-7-13(2)24-21-15/h3-8,10H,9,11H2,1-2H3. The summed E-state index contributed by atoms with van der Waals surface area (Å²) in [6, 6.07) is 12.1. The van der Waals surface area contributed by atoms with Gasteiger partial charge in [0.1, 0.15) is 11.5 Å². The number of nitrogens with zero attached hydrogens (tertiary/aromatic N) is 3. The van der Waals surface area contributed by atoms with E-state index in [4.69, 9.17) is 4.52 Å². The Kier molecular flexibility index (Phi) is 3.41. The van der Waals surface area contributed by atoms with Gasteiger partial charge in [-0.15, -0.1) is 0 Å². The van der Waals surface area contributed by atoms with Crippen molar-refractivity contribution in [3.8, 4) is 11.1 Å². The van der Waals surface area contributed by atoms with Crippen molar-refractivity contribution in [3.63, 3.8) is 0 Å². The number of fused-ring (bicyclic) bond motifs is 1. The van der Waals surface area contributed by atoms with Crippen LogP contribution in [0, 0.1) is 13.8 Å². The molecule has 0 bridgehead atoms. The lowest BCUT2D eigenvalue weighted by Crippen LogP contribution is -2.26. The molecule has 0 N–H and O–H groups in total. The lowest BCUT2D eigenvalue weighted by atomic mass is 10.0. The zero-order valence-corrected chi connectivity index (χ0v) is 13.6. The maximum atomic E-state index is 12.4. The highest BCUT2D eigenvalue weighted by molar-refractivity contribution is 6.01. The van der Waals surface area contributed by atoms with E-state index in [1.807, 2.05) is 37.4 Å². The number of benzene rings is 1. The molecule has 0 unspecified atom stereocenters. The van der Waals surface area contributed by atoms with Gasteiger partial charge in [-0.2, -0.15) is 0 Å². The first-order chi connectivity index (χ1) is 11.6. The predicted octanol–water partition coefficient (Wildman–Crippen LogP) is 3.44. The lowest BCUT2D eigenvalue weighted by Gasteiger charge is -2.16. The van der Waals surface area contributed by atoms with Gasteiger partial charge in [-0.25, -0.2) is 0 Å². The summed E-state index contributed by atoms with van der Waals surface area (Å²) >= 11 is 0. The molecule has 120 valence electrons. The summed E-state index contributed by atoms with van der Waals surface area (Å²) in [4.78, 5) is 18.6. The van der Waals surface area contributed by atoms with Gasteiger partial charge >= 0.3 is 0 Å². The highest BCUT2D eigenvalue weighted by Gasteiger charge is 2.29. The fourth-order valence-corrected chi connectivity index (χ4v) is 3.10. The van der Waals surface area contributed by atoms with Crippen LogP contribution >= 0.6 is 0 Å². The molecule has 0 spiro atoms. The minimum absolute atomic E-state index is 0.0417. The largest absolute Gasteiger partial charge is 0.361 e. The maximum absolute atomic E-state index is 12.4. The molecule has 5 heteroatoms. The van der Waals surface area contributed by atoms with Crippen molar-refractivity contribution < 1.29 is 9.32 Å². The van der Waals surface area contributed by atoms with Crippen molar-refractivity contribution in [3.05, 3.63) is 65.3 Å². The van der Waals surface area contributed by atoms with E-state index in [1.165, 1.54) is 5.56 Å². The molecule has 24 heavy (non-hydrogen) atoms. The van der Waals surface area contributed by atoms with E-state index < -0.39 is 0 Å². The van der Waals surface area contributed by atoms with E-state index in [9.17, 15) is 4.79 Å². The van der Waals surface area contributed by atoms with Crippen molar-refractivity contribution in [2.45, 2.75) is 26.8 Å². The maximum Gasteiger partial charge on any atom is 0.233 e. The number of amides is 1. The first-order valence-corrected chi connectivity index (χ1v) is 7.89. The predicted molar refractivity (Wildman–Crippen MR) is 90.5 cm³/mol. The van der Waals surface area contributed by atoms with Gasteiger partial charge in [0, 0.05) is 17.8 Å². The average molecular weight is 319 g/mol. The van der Waals surface area contributed by atoms with Gasteiger partial charge in [-0.3, -0.25) is 9.78 Å². The normalized spacial score (nSPS) is 13.4. The fourth-order valence-electron chi connectivity index (χ4n) is 3.10. The van der Waals surface area contributed by atoms with E-state index in [1.54, 1.807) is 4.90 Å². The highest BCUT2D eigenvalue weighted by Crippen LogP contribution is 2.33. The molecule has 2 aromatic heterocycles. The lowest BCUT2D eigenvalue weighted by molar-refractivity contribution is -0.117. The Hall–Kier alpha value is -2.95. The second-order valence-corrected chi connectivity index (χ2v) is 6.09. The number of aromatic nitrogens is 2.